The Bertz CT molecular complexity index is 1100. The Hall–Kier alpha value is -3.51. The number of amides is 2. The molecular weight excluding hydrogens is 404 g/mol. The summed E-state index contributed by atoms with van der Waals surface area (Å²) in [5, 5.41) is 15.8. The van der Waals surface area contributed by atoms with Gasteiger partial charge in [-0.2, -0.15) is 0 Å². The van der Waals surface area contributed by atoms with Crippen LogP contribution in [0.1, 0.15) is 23.1 Å². The van der Waals surface area contributed by atoms with E-state index in [0.717, 1.165) is 40.8 Å². The van der Waals surface area contributed by atoms with Crippen molar-refractivity contribution in [1.29, 1.82) is 0 Å². The predicted octanol–water partition coefficient (Wildman–Crippen LogP) is 4.54. The summed E-state index contributed by atoms with van der Waals surface area (Å²) in [6, 6.07) is 19.5. The Kier molecular flexibility index (Phi) is 6.61. The zero-order valence-electron chi connectivity index (χ0n) is 18.4. The van der Waals surface area contributed by atoms with Crippen LogP contribution in [0.3, 0.4) is 0 Å². The number of hydrogen-bond donors (Lipinski definition) is 3. The fourth-order valence-corrected chi connectivity index (χ4v) is 4.07. The molecule has 0 bridgehead atoms. The van der Waals surface area contributed by atoms with Gasteiger partial charge in [-0.25, -0.2) is 4.79 Å². The van der Waals surface area contributed by atoms with Crippen molar-refractivity contribution in [3.05, 3.63) is 77.4 Å². The molecule has 1 unspecified atom stereocenters. The third kappa shape index (κ3) is 4.86. The van der Waals surface area contributed by atoms with E-state index in [0.29, 0.717) is 24.5 Å². The monoisotopic (exact) mass is 432 g/mol. The molecule has 32 heavy (non-hydrogen) atoms. The number of aryl methyl sites for hydroxylation is 1. The lowest BCUT2D eigenvalue weighted by atomic mass is 9.88. The van der Waals surface area contributed by atoms with E-state index in [2.05, 4.69) is 16.7 Å². The normalized spacial score (nSPS) is 14.9. The van der Waals surface area contributed by atoms with Gasteiger partial charge in [0.15, 0.2) is 11.5 Å². The van der Waals surface area contributed by atoms with Crippen LogP contribution >= 0.6 is 0 Å². The van der Waals surface area contributed by atoms with Crippen molar-refractivity contribution in [2.75, 3.05) is 19.5 Å². The molecule has 0 radical (unpaired) electrons. The van der Waals surface area contributed by atoms with Crippen LogP contribution in [0.25, 0.3) is 11.1 Å². The van der Waals surface area contributed by atoms with Crippen molar-refractivity contribution >= 4 is 11.7 Å². The summed E-state index contributed by atoms with van der Waals surface area (Å²) >= 11 is 0. The number of rotatable bonds is 6. The van der Waals surface area contributed by atoms with Crippen LogP contribution in [-0.2, 0) is 19.4 Å². The number of aliphatic hydroxyl groups is 1. The van der Waals surface area contributed by atoms with Gasteiger partial charge in [-0.1, -0.05) is 42.5 Å². The molecular formula is C26H28N2O4. The first kappa shape index (κ1) is 21.7. The van der Waals surface area contributed by atoms with Gasteiger partial charge in [0.25, 0.3) is 0 Å². The van der Waals surface area contributed by atoms with E-state index in [9.17, 15) is 9.90 Å². The maximum Gasteiger partial charge on any atom is 0.319 e. The summed E-state index contributed by atoms with van der Waals surface area (Å²) in [6.45, 7) is 0.412. The average molecular weight is 433 g/mol. The second-order valence-electron chi connectivity index (χ2n) is 7.91. The zero-order valence-corrected chi connectivity index (χ0v) is 18.4. The number of urea groups is 1. The van der Waals surface area contributed by atoms with Crippen molar-refractivity contribution < 1.29 is 19.4 Å². The van der Waals surface area contributed by atoms with E-state index in [-0.39, 0.29) is 12.1 Å². The molecule has 166 valence electrons. The average Bonchev–Trinajstić information content (AvgIpc) is 2.83. The van der Waals surface area contributed by atoms with E-state index in [1.54, 1.807) is 14.2 Å². The summed E-state index contributed by atoms with van der Waals surface area (Å²) in [6.07, 6.45) is 1.82. The van der Waals surface area contributed by atoms with E-state index in [1.165, 1.54) is 5.56 Å². The lowest BCUT2D eigenvalue weighted by Crippen LogP contribution is -2.29. The largest absolute Gasteiger partial charge is 0.493 e. The number of nitrogens with one attached hydrogen (secondary N) is 2. The van der Waals surface area contributed by atoms with Crippen LogP contribution < -0.4 is 20.1 Å². The van der Waals surface area contributed by atoms with Crippen LogP contribution in [0.15, 0.2) is 60.7 Å². The smallest absolute Gasteiger partial charge is 0.319 e. The fraction of sp³-hybridized carbons (Fsp3) is 0.269. The Morgan fingerprint density at radius 2 is 1.75 bits per heavy atom. The van der Waals surface area contributed by atoms with Crippen molar-refractivity contribution in [1.82, 2.24) is 5.32 Å². The number of aliphatic hydroxyl groups excluding tert-OH is 1. The highest BCUT2D eigenvalue weighted by atomic mass is 16.5. The van der Waals surface area contributed by atoms with Crippen molar-refractivity contribution in [3.63, 3.8) is 0 Å². The number of carbonyl (C=O) groups is 1. The molecule has 1 aliphatic rings. The van der Waals surface area contributed by atoms with Crippen LogP contribution in [0, 0.1) is 0 Å². The first-order valence-electron chi connectivity index (χ1n) is 10.7. The number of fused-ring (bicyclic) bond motifs is 1. The number of ether oxygens (including phenoxy) is 2. The molecule has 3 aromatic rings. The minimum Gasteiger partial charge on any atom is -0.493 e. The van der Waals surface area contributed by atoms with Gasteiger partial charge in [0, 0.05) is 18.7 Å². The Labute approximate surface area is 188 Å². The molecule has 0 spiro atoms. The van der Waals surface area contributed by atoms with Gasteiger partial charge in [0.2, 0.25) is 0 Å². The molecule has 0 saturated carbocycles. The van der Waals surface area contributed by atoms with Crippen LogP contribution in [-0.4, -0.2) is 31.5 Å². The lowest BCUT2D eigenvalue weighted by Gasteiger charge is -2.23. The molecule has 3 N–H and O–H groups in total. The highest BCUT2D eigenvalue weighted by Crippen LogP contribution is 2.32. The van der Waals surface area contributed by atoms with Crippen molar-refractivity contribution in [2.45, 2.75) is 31.9 Å². The molecule has 4 rings (SSSR count). The molecule has 1 atom stereocenters. The van der Waals surface area contributed by atoms with Gasteiger partial charge in [-0.05, 0) is 58.9 Å². The van der Waals surface area contributed by atoms with E-state index in [1.807, 2.05) is 54.6 Å². The predicted molar refractivity (Wildman–Crippen MR) is 125 cm³/mol. The zero-order chi connectivity index (χ0) is 22.5. The standard InChI is InChI=1S/C26H28N2O4/c1-31-24-13-11-20(14-25(24)32-2)18-8-6-17(7-9-18)16-27-26(30)28-23-5-3-4-19-10-12-21(29)15-22(19)23/h3-9,11,13-14,21,29H,10,12,15-16H2,1-2H3,(H2,27,28,30). The number of hydrogen-bond acceptors (Lipinski definition) is 4. The van der Waals surface area contributed by atoms with Crippen LogP contribution in [0.2, 0.25) is 0 Å². The quantitative estimate of drug-likeness (QED) is 0.534. The van der Waals surface area contributed by atoms with Gasteiger partial charge in [-0.3, -0.25) is 0 Å². The molecule has 0 aromatic heterocycles. The van der Waals surface area contributed by atoms with Gasteiger partial charge in [0.1, 0.15) is 0 Å². The second kappa shape index (κ2) is 9.75. The van der Waals surface area contributed by atoms with Gasteiger partial charge in [-0.15, -0.1) is 0 Å². The first-order chi connectivity index (χ1) is 15.6. The van der Waals surface area contributed by atoms with E-state index >= 15 is 0 Å². The van der Waals surface area contributed by atoms with Crippen molar-refractivity contribution in [3.8, 4) is 22.6 Å². The minimum atomic E-state index is -0.349. The summed E-state index contributed by atoms with van der Waals surface area (Å²) in [5.41, 5.74) is 6.06. The maximum absolute atomic E-state index is 12.5. The molecule has 0 saturated heterocycles. The van der Waals surface area contributed by atoms with Gasteiger partial charge < -0.3 is 25.2 Å². The molecule has 3 aromatic carbocycles. The van der Waals surface area contributed by atoms with Gasteiger partial charge in [0.05, 0.1) is 20.3 Å². The molecule has 6 heteroatoms. The molecule has 0 heterocycles. The Balaban J connectivity index is 1.37. The third-order valence-corrected chi connectivity index (χ3v) is 5.83. The topological polar surface area (TPSA) is 79.8 Å². The number of carbonyl (C=O) groups excluding carboxylic acids is 1. The highest BCUT2D eigenvalue weighted by Gasteiger charge is 2.19. The Morgan fingerprint density at radius 1 is 1.00 bits per heavy atom. The first-order valence-corrected chi connectivity index (χ1v) is 10.7. The summed E-state index contributed by atoms with van der Waals surface area (Å²) < 4.78 is 10.7. The molecule has 6 nitrogen and oxygen atoms in total. The summed E-state index contributed by atoms with van der Waals surface area (Å²) in [4.78, 5) is 12.5. The molecule has 0 fully saturated rings. The van der Waals surface area contributed by atoms with E-state index < -0.39 is 0 Å². The highest BCUT2D eigenvalue weighted by molar-refractivity contribution is 5.90. The minimum absolute atomic E-state index is 0.262. The van der Waals surface area contributed by atoms with Crippen LogP contribution in [0.5, 0.6) is 11.5 Å². The molecule has 2 amide bonds. The van der Waals surface area contributed by atoms with Gasteiger partial charge >= 0.3 is 6.03 Å². The molecule has 0 aliphatic heterocycles. The number of methoxy groups -OCH3 is 2. The summed E-state index contributed by atoms with van der Waals surface area (Å²) in [5.74, 6) is 1.38. The summed E-state index contributed by atoms with van der Waals surface area (Å²) in [7, 11) is 3.24. The lowest BCUT2D eigenvalue weighted by molar-refractivity contribution is 0.159. The number of anilines is 1. The van der Waals surface area contributed by atoms with Crippen LogP contribution in [0.4, 0.5) is 10.5 Å². The SMILES string of the molecule is COc1ccc(-c2ccc(CNC(=O)Nc3cccc4c3CC(O)CC4)cc2)cc1OC. The Morgan fingerprint density at radius 3 is 2.50 bits per heavy atom. The molecule has 1 aliphatic carbocycles. The van der Waals surface area contributed by atoms with E-state index in [4.69, 9.17) is 9.47 Å². The third-order valence-electron chi connectivity index (χ3n) is 5.83. The number of benzene rings is 3. The maximum atomic E-state index is 12.5. The fourth-order valence-electron chi connectivity index (χ4n) is 4.07. The van der Waals surface area contributed by atoms with Crippen molar-refractivity contribution in [2.24, 2.45) is 0 Å². The second-order valence-corrected chi connectivity index (χ2v) is 7.91.